The summed E-state index contributed by atoms with van der Waals surface area (Å²) in [6.45, 7) is 41.2. The molecule has 11 aliphatic rings. The highest BCUT2D eigenvalue weighted by atomic mass is 79.9. The van der Waals surface area contributed by atoms with Gasteiger partial charge in [0.1, 0.15) is 17.0 Å². The van der Waals surface area contributed by atoms with Gasteiger partial charge in [0.25, 0.3) is 11.4 Å². The molecular formula is C96H136BrN23O9. The zero-order valence-corrected chi connectivity index (χ0v) is 79.4. The fourth-order valence-electron chi connectivity index (χ4n) is 18.3. The van der Waals surface area contributed by atoms with E-state index in [-0.39, 0.29) is 34.4 Å². The maximum Gasteiger partial charge on any atom is 0.410 e. The highest BCUT2D eigenvalue weighted by Crippen LogP contribution is 2.50. The maximum absolute atomic E-state index is 12.4. The van der Waals surface area contributed by atoms with E-state index < -0.39 is 21.0 Å². The third kappa shape index (κ3) is 31.1. The molecule has 33 heteroatoms. The number of amides is 2. The van der Waals surface area contributed by atoms with E-state index >= 15 is 0 Å². The van der Waals surface area contributed by atoms with E-state index in [0.717, 1.165) is 233 Å². The number of nitrogen functional groups attached to an aromatic ring is 1. The van der Waals surface area contributed by atoms with Gasteiger partial charge in [0.2, 0.25) is 0 Å². The Morgan fingerprint density at radius 3 is 1.12 bits per heavy atom. The Morgan fingerprint density at radius 2 is 0.783 bits per heavy atom. The molecule has 8 saturated heterocycles. The van der Waals surface area contributed by atoms with Crippen LogP contribution in [0.15, 0.2) is 91.0 Å². The number of hydrogen-bond donors (Lipinski definition) is 5. The normalized spacial score (nSPS) is 22.5. The summed E-state index contributed by atoms with van der Waals surface area (Å²) in [5.74, 6) is 0.325. The van der Waals surface area contributed by atoms with E-state index in [9.17, 15) is 45.1 Å². The topological polar surface area (TPSA) is 385 Å². The molecular weight excluding hydrogens is 1700 g/mol. The molecule has 5 aromatic carbocycles. The van der Waals surface area contributed by atoms with Crippen LogP contribution in [0.1, 0.15) is 155 Å². The quantitative estimate of drug-likeness (QED) is 0.0281. The lowest BCUT2D eigenvalue weighted by molar-refractivity contribution is -0.385. The lowest BCUT2D eigenvalue weighted by Gasteiger charge is -2.45. The fraction of sp³-hybridized carbons (Fsp3) is 0.604. The van der Waals surface area contributed by atoms with Crippen molar-refractivity contribution in [3.8, 4) is 30.3 Å². The van der Waals surface area contributed by atoms with Crippen LogP contribution < -0.4 is 27.0 Å². The van der Waals surface area contributed by atoms with Crippen molar-refractivity contribution in [1.29, 1.82) is 26.3 Å². The number of non-ortho nitro benzene ring substituents is 2. The maximum atomic E-state index is 12.4. The number of nitrogens with two attached hydrogens (primary N) is 1. The molecule has 11 fully saturated rings. The lowest BCUT2D eigenvalue weighted by Crippen LogP contribution is -2.47. The predicted octanol–water partition coefficient (Wildman–Crippen LogP) is 11.3. The Kier molecular flexibility index (Phi) is 37.0. The molecule has 3 aliphatic carbocycles. The van der Waals surface area contributed by atoms with Crippen LogP contribution in [0.3, 0.4) is 0 Å². The molecule has 8 aliphatic heterocycles. The fourth-order valence-corrected chi connectivity index (χ4v) is 18.8. The molecule has 0 bridgehead atoms. The average Bonchev–Trinajstić information content (AvgIpc) is 1.62. The number of anilines is 3. The van der Waals surface area contributed by atoms with Crippen molar-refractivity contribution < 1.29 is 33.7 Å². The molecule has 0 unspecified atom stereocenters. The molecule has 5 aromatic rings. The summed E-state index contributed by atoms with van der Waals surface area (Å²) < 4.78 is 10.9. The monoisotopic (exact) mass is 1830 g/mol. The Morgan fingerprint density at radius 1 is 0.450 bits per heavy atom. The van der Waals surface area contributed by atoms with E-state index in [1.54, 1.807) is 17.0 Å². The van der Waals surface area contributed by atoms with Gasteiger partial charge in [-0.2, -0.15) is 26.3 Å². The van der Waals surface area contributed by atoms with Gasteiger partial charge in [-0.15, -0.1) is 0 Å². The molecule has 3 spiro atoms. The van der Waals surface area contributed by atoms with Crippen molar-refractivity contribution in [3.05, 3.63) is 167 Å². The Balaban J connectivity index is 0.000000162. The van der Waals surface area contributed by atoms with Gasteiger partial charge in [0.05, 0.1) is 68.0 Å². The van der Waals surface area contributed by atoms with E-state index in [4.69, 9.17) is 31.0 Å². The number of carbonyl (C=O) groups is 3. The standard InChI is InChI=1S/C25H37N5O2.C20H29N5.C13H16N4O2.C13H18N4.C12H19NO3.C8H5BrN2O2.C5H12N2/c1-24(2,3)32-23(31)30-8-7-25(18-30)14-22(15-25)27-21-6-5-19(16-26)20(13-21)17-29-11-9-28(4)10-12-29;1-24-6-8-25(9-7-24)14-17-10-18(3-2-16(17)13-21)23-19-11-20(12-19)4-5-22-15-20;1-15-4-6-16(7-5-15)10-12-8-13(17(18)19)3-2-11(12)9-14;1-16-4-6-17(7-5-16)10-12-8-13(15)3-2-11(12)9-14;1-11(2,3)16-10(15)13-5-4-12(8-13)6-9(14)7-12;9-4-7-3-8(11(12)13)2-1-6(7)5-10;1-7-4-2-6-3-5-7/h5-6,13,22,27H,7-12,14-15,17-18H2,1-4H3;2-3,10,19,22-23H,4-9,11-12,14-15H2,1H3;2-3,8H,4-7,10H2,1H3;2-3,8H,4-7,10,15H2,1H3;4-8H2,1-3H3;1-3H,4H2;6H,2-5H2,1H3. The first-order valence-electron chi connectivity index (χ1n) is 45.5. The van der Waals surface area contributed by atoms with Crippen LogP contribution in [-0.2, 0) is 45.8 Å². The minimum absolute atomic E-state index is 0.00782. The van der Waals surface area contributed by atoms with Gasteiger partial charge < -0.3 is 70.8 Å². The van der Waals surface area contributed by atoms with Crippen molar-refractivity contribution in [2.24, 2.45) is 16.2 Å². The summed E-state index contributed by atoms with van der Waals surface area (Å²) >= 11 is 3.16. The van der Waals surface area contributed by atoms with E-state index in [2.05, 4.69) is 159 Å². The number of alkyl halides is 1. The molecule has 0 aromatic heterocycles. The summed E-state index contributed by atoms with van der Waals surface area (Å²) in [5, 5.41) is 81.5. The first-order chi connectivity index (χ1) is 61.5. The van der Waals surface area contributed by atoms with Crippen molar-refractivity contribution in [1.82, 2.24) is 64.5 Å². The average molecular weight is 1840 g/mol. The molecule has 16 rings (SSSR count). The number of piperazine rings is 5. The molecule has 3 saturated carbocycles. The Bertz CT molecular complexity index is 4800. The van der Waals surface area contributed by atoms with Crippen molar-refractivity contribution in [3.63, 3.8) is 0 Å². The predicted molar refractivity (Wildman–Crippen MR) is 505 cm³/mol. The van der Waals surface area contributed by atoms with Gasteiger partial charge in [-0.1, -0.05) is 15.9 Å². The number of hydrogen-bond acceptors (Lipinski definition) is 28. The van der Waals surface area contributed by atoms with Gasteiger partial charge in [0.15, 0.2) is 0 Å². The number of rotatable bonds is 15. The summed E-state index contributed by atoms with van der Waals surface area (Å²) in [6, 6.07) is 38.5. The number of ketones is 1. The number of nitro benzene ring substituents is 2. The summed E-state index contributed by atoms with van der Waals surface area (Å²) in [4.78, 5) is 80.2. The number of likely N-dealkylation sites (N-methyl/N-ethyl adjacent to an activating group) is 5. The van der Waals surface area contributed by atoms with E-state index in [0.29, 0.717) is 71.2 Å². The number of ether oxygens (including phenoxy) is 2. The van der Waals surface area contributed by atoms with Crippen LogP contribution in [-0.4, -0.2) is 310 Å². The minimum atomic E-state index is -0.479. The van der Waals surface area contributed by atoms with Crippen LogP contribution in [0.25, 0.3) is 0 Å². The second kappa shape index (κ2) is 47.2. The second-order valence-electron chi connectivity index (χ2n) is 39.0. The van der Waals surface area contributed by atoms with Gasteiger partial charge in [-0.05, 0) is 234 Å². The van der Waals surface area contributed by atoms with Crippen molar-refractivity contribution in [2.75, 3.05) is 222 Å². The molecule has 32 nitrogen and oxygen atoms in total. The number of nitriles is 5. The molecule has 696 valence electrons. The van der Waals surface area contributed by atoms with Gasteiger partial charge in [0, 0.05) is 267 Å². The number of nitro groups is 2. The number of nitrogens with one attached hydrogen (secondary N) is 4. The first kappa shape index (κ1) is 101. The minimum Gasteiger partial charge on any atom is -0.444 e. The SMILES string of the molecule is CC(C)(C)OC(=O)N1CCC2(CC(=O)C2)C1.CN1CCN(Cc2cc(N)ccc2C#N)CC1.CN1CCN(Cc2cc(NC3CC4(CCN(C(=O)OC(C)(C)C)C4)C3)ccc2C#N)CC1.CN1CCN(Cc2cc(NC3CC4(CCNC4)C3)ccc2C#N)CC1.CN1CCN(Cc2cc([N+](=O)[O-])ccc2C#N)CC1.CN1CCNCC1.N#Cc1ccc([N+](=O)[O-])cc1CBr. The smallest absolute Gasteiger partial charge is 0.410 e. The number of carbonyl (C=O) groups excluding carboxylic acids is 3. The van der Waals surface area contributed by atoms with Crippen LogP contribution in [0.5, 0.6) is 0 Å². The molecule has 0 atom stereocenters. The first-order valence-corrected chi connectivity index (χ1v) is 46.6. The van der Waals surface area contributed by atoms with E-state index in [1.165, 1.54) is 87.5 Å². The molecule has 0 radical (unpaired) electrons. The zero-order chi connectivity index (χ0) is 93.2. The molecule has 8 heterocycles. The highest BCUT2D eigenvalue weighted by molar-refractivity contribution is 9.08. The third-order valence-corrected chi connectivity index (χ3v) is 26.7. The van der Waals surface area contributed by atoms with Crippen molar-refractivity contribution in [2.45, 2.75) is 154 Å². The Hall–Kier alpha value is -10.00. The summed E-state index contributed by atoms with van der Waals surface area (Å²) in [7, 11) is 10.7. The van der Waals surface area contributed by atoms with Crippen molar-refractivity contribution >= 4 is 62.3 Å². The second-order valence-corrected chi connectivity index (χ2v) is 39.6. The Labute approximate surface area is 771 Å². The van der Waals surface area contributed by atoms with Crippen LogP contribution in [0.2, 0.25) is 0 Å². The number of halogens is 1. The number of likely N-dealkylation sites (tertiary alicyclic amines) is 2. The van der Waals surface area contributed by atoms with Crippen LogP contribution >= 0.6 is 15.9 Å². The molecule has 129 heavy (non-hydrogen) atoms. The molecule has 6 N–H and O–H groups in total. The highest BCUT2D eigenvalue weighted by Gasteiger charge is 2.52. The number of Topliss-reactive ketones (excluding diaryl/α,β-unsaturated/α-hetero) is 1. The van der Waals surface area contributed by atoms with Gasteiger partial charge in [-0.25, -0.2) is 9.59 Å². The summed E-state index contributed by atoms with van der Waals surface area (Å²) in [6.07, 6.45) is 8.85. The number of nitrogens with zero attached hydrogens (tertiary/aromatic N) is 18. The molecule has 2 amide bonds. The van der Waals surface area contributed by atoms with Crippen LogP contribution in [0.4, 0.5) is 38.0 Å². The third-order valence-electron chi connectivity index (χ3n) is 26.1. The zero-order valence-electron chi connectivity index (χ0n) is 77.8. The van der Waals surface area contributed by atoms with E-state index in [1.807, 2.05) is 76.8 Å². The number of benzene rings is 5. The van der Waals surface area contributed by atoms with Gasteiger partial charge in [-0.3, -0.25) is 44.6 Å². The lowest BCUT2D eigenvalue weighted by atomic mass is 9.65. The van der Waals surface area contributed by atoms with Crippen LogP contribution in [0, 0.1) is 93.1 Å². The van der Waals surface area contributed by atoms with Gasteiger partial charge >= 0.3 is 12.2 Å². The summed E-state index contributed by atoms with van der Waals surface area (Å²) in [5.41, 5.74) is 16.8. The largest absolute Gasteiger partial charge is 0.444 e.